The standard InChI is InChI=1S/C16H22N2O3.ClH/c1-18(16(19)8-12-3-2-4-13(12)17)9-11-5-6-14-15(7-11)21-10-20-14;/h5-7,12-13H,2-4,8-10,17H2,1H3;1H/t12-,13+;/m0./s1. The number of benzene rings is 1. The van der Waals surface area contributed by atoms with E-state index in [0.717, 1.165) is 36.3 Å². The summed E-state index contributed by atoms with van der Waals surface area (Å²) in [7, 11) is 1.84. The van der Waals surface area contributed by atoms with E-state index in [1.165, 1.54) is 0 Å². The maximum Gasteiger partial charge on any atom is 0.231 e. The van der Waals surface area contributed by atoms with Gasteiger partial charge in [0.05, 0.1) is 0 Å². The minimum atomic E-state index is 0. The predicted octanol–water partition coefficient (Wildman–Crippen LogP) is 2.31. The van der Waals surface area contributed by atoms with E-state index in [-0.39, 0.29) is 31.1 Å². The number of fused-ring (bicyclic) bond motifs is 1. The fourth-order valence-corrected chi connectivity index (χ4v) is 3.10. The van der Waals surface area contributed by atoms with E-state index in [9.17, 15) is 4.79 Å². The molecule has 0 unspecified atom stereocenters. The van der Waals surface area contributed by atoms with Crippen molar-refractivity contribution in [3.63, 3.8) is 0 Å². The lowest BCUT2D eigenvalue weighted by Gasteiger charge is -2.21. The lowest BCUT2D eigenvalue weighted by atomic mass is 9.99. The maximum absolute atomic E-state index is 12.3. The van der Waals surface area contributed by atoms with Crippen molar-refractivity contribution in [2.24, 2.45) is 11.7 Å². The number of amides is 1. The molecule has 2 aliphatic rings. The monoisotopic (exact) mass is 326 g/mol. The molecule has 1 heterocycles. The predicted molar refractivity (Wildman–Crippen MR) is 86.2 cm³/mol. The molecule has 2 atom stereocenters. The molecule has 22 heavy (non-hydrogen) atoms. The van der Waals surface area contributed by atoms with Gasteiger partial charge >= 0.3 is 0 Å². The van der Waals surface area contributed by atoms with Crippen LogP contribution in [0.3, 0.4) is 0 Å². The summed E-state index contributed by atoms with van der Waals surface area (Å²) in [6, 6.07) is 5.99. The average Bonchev–Trinajstić information content (AvgIpc) is 3.07. The first-order valence-electron chi connectivity index (χ1n) is 7.51. The van der Waals surface area contributed by atoms with Crippen LogP contribution in [-0.4, -0.2) is 30.7 Å². The number of hydrogen-bond acceptors (Lipinski definition) is 4. The Hall–Kier alpha value is -1.46. The molecule has 1 fully saturated rings. The quantitative estimate of drug-likeness (QED) is 0.922. The smallest absolute Gasteiger partial charge is 0.231 e. The number of nitrogens with two attached hydrogens (primary N) is 1. The molecule has 0 bridgehead atoms. The molecule has 1 amide bonds. The Balaban J connectivity index is 0.00000176. The Kier molecular flexibility index (Phi) is 5.53. The second kappa shape index (κ2) is 7.20. The molecule has 0 aromatic heterocycles. The Morgan fingerprint density at radius 3 is 2.82 bits per heavy atom. The van der Waals surface area contributed by atoms with E-state index >= 15 is 0 Å². The highest BCUT2D eigenvalue weighted by atomic mass is 35.5. The van der Waals surface area contributed by atoms with Crippen LogP contribution in [0.15, 0.2) is 18.2 Å². The van der Waals surface area contributed by atoms with Crippen LogP contribution in [0.5, 0.6) is 11.5 Å². The molecule has 1 aromatic carbocycles. The lowest BCUT2D eigenvalue weighted by Crippen LogP contribution is -2.32. The van der Waals surface area contributed by atoms with Gasteiger partial charge in [0.25, 0.3) is 0 Å². The SMILES string of the molecule is CN(Cc1ccc2c(c1)OCO2)C(=O)C[C@@H]1CCC[C@H]1N.Cl. The number of ether oxygens (including phenoxy) is 2. The molecular weight excluding hydrogens is 304 g/mol. The summed E-state index contributed by atoms with van der Waals surface area (Å²) in [4.78, 5) is 14.1. The van der Waals surface area contributed by atoms with Gasteiger partial charge < -0.3 is 20.1 Å². The average molecular weight is 327 g/mol. The highest BCUT2D eigenvalue weighted by molar-refractivity contribution is 5.85. The van der Waals surface area contributed by atoms with Gasteiger partial charge in [0.2, 0.25) is 12.7 Å². The van der Waals surface area contributed by atoms with Crippen LogP contribution in [-0.2, 0) is 11.3 Å². The molecule has 0 saturated heterocycles. The molecule has 5 nitrogen and oxygen atoms in total. The van der Waals surface area contributed by atoms with Gasteiger partial charge in [-0.1, -0.05) is 12.5 Å². The summed E-state index contributed by atoms with van der Waals surface area (Å²) < 4.78 is 10.7. The van der Waals surface area contributed by atoms with Crippen LogP contribution in [0.1, 0.15) is 31.2 Å². The number of halogens is 1. The maximum atomic E-state index is 12.3. The van der Waals surface area contributed by atoms with Crippen molar-refractivity contribution >= 4 is 18.3 Å². The Labute approximate surface area is 137 Å². The van der Waals surface area contributed by atoms with E-state index in [4.69, 9.17) is 15.2 Å². The van der Waals surface area contributed by atoms with Crippen LogP contribution in [0, 0.1) is 5.92 Å². The van der Waals surface area contributed by atoms with Crippen molar-refractivity contribution < 1.29 is 14.3 Å². The summed E-state index contributed by atoms with van der Waals surface area (Å²) in [5, 5.41) is 0. The van der Waals surface area contributed by atoms with Crippen molar-refractivity contribution in [2.45, 2.75) is 38.3 Å². The minimum absolute atomic E-state index is 0. The number of nitrogens with zero attached hydrogens (tertiary/aromatic N) is 1. The molecule has 122 valence electrons. The van der Waals surface area contributed by atoms with Crippen LogP contribution < -0.4 is 15.2 Å². The fourth-order valence-electron chi connectivity index (χ4n) is 3.10. The summed E-state index contributed by atoms with van der Waals surface area (Å²) in [6.07, 6.45) is 3.82. The molecule has 0 radical (unpaired) electrons. The van der Waals surface area contributed by atoms with Crippen LogP contribution >= 0.6 is 12.4 Å². The van der Waals surface area contributed by atoms with E-state index in [1.54, 1.807) is 4.90 Å². The van der Waals surface area contributed by atoms with Crippen LogP contribution in [0.4, 0.5) is 0 Å². The summed E-state index contributed by atoms with van der Waals surface area (Å²) in [5.74, 6) is 2.03. The largest absolute Gasteiger partial charge is 0.454 e. The van der Waals surface area contributed by atoms with Crippen molar-refractivity contribution in [3.05, 3.63) is 23.8 Å². The van der Waals surface area contributed by atoms with E-state index in [1.807, 2.05) is 25.2 Å². The topological polar surface area (TPSA) is 64.8 Å². The van der Waals surface area contributed by atoms with Crippen molar-refractivity contribution in [1.82, 2.24) is 4.90 Å². The molecule has 6 heteroatoms. The summed E-state index contributed by atoms with van der Waals surface area (Å²) >= 11 is 0. The number of rotatable bonds is 4. The van der Waals surface area contributed by atoms with Gasteiger partial charge in [-0.25, -0.2) is 0 Å². The van der Waals surface area contributed by atoms with Gasteiger partial charge in [-0.3, -0.25) is 4.79 Å². The first-order chi connectivity index (χ1) is 10.1. The third-order valence-corrected chi connectivity index (χ3v) is 4.44. The van der Waals surface area contributed by atoms with Crippen LogP contribution in [0.25, 0.3) is 0 Å². The van der Waals surface area contributed by atoms with Gasteiger partial charge in [0.15, 0.2) is 11.5 Å². The summed E-state index contributed by atoms with van der Waals surface area (Å²) in [5.41, 5.74) is 7.09. The van der Waals surface area contributed by atoms with Gasteiger partial charge in [-0.05, 0) is 36.5 Å². The van der Waals surface area contributed by atoms with E-state index in [2.05, 4.69) is 0 Å². The Morgan fingerprint density at radius 1 is 1.32 bits per heavy atom. The highest BCUT2D eigenvalue weighted by Crippen LogP contribution is 2.33. The molecule has 1 aromatic rings. The zero-order valence-electron chi connectivity index (χ0n) is 12.8. The van der Waals surface area contributed by atoms with Gasteiger partial charge in [-0.15, -0.1) is 12.4 Å². The zero-order chi connectivity index (χ0) is 14.8. The number of carbonyl (C=O) groups excluding carboxylic acids is 1. The first-order valence-corrected chi connectivity index (χ1v) is 7.51. The molecule has 1 aliphatic heterocycles. The van der Waals surface area contributed by atoms with E-state index in [0.29, 0.717) is 18.9 Å². The Bertz CT molecular complexity index is 538. The zero-order valence-corrected chi connectivity index (χ0v) is 13.6. The second-order valence-corrected chi connectivity index (χ2v) is 6.00. The summed E-state index contributed by atoms with van der Waals surface area (Å²) in [6.45, 7) is 0.852. The molecule has 2 N–H and O–H groups in total. The van der Waals surface area contributed by atoms with Crippen molar-refractivity contribution in [1.29, 1.82) is 0 Å². The second-order valence-electron chi connectivity index (χ2n) is 6.00. The van der Waals surface area contributed by atoms with Crippen molar-refractivity contribution in [3.8, 4) is 11.5 Å². The lowest BCUT2D eigenvalue weighted by molar-refractivity contribution is -0.131. The fraction of sp³-hybridized carbons (Fsp3) is 0.562. The number of hydrogen-bond donors (Lipinski definition) is 1. The number of carbonyl (C=O) groups is 1. The third kappa shape index (κ3) is 3.65. The highest BCUT2D eigenvalue weighted by Gasteiger charge is 2.27. The van der Waals surface area contributed by atoms with Gasteiger partial charge in [-0.2, -0.15) is 0 Å². The first kappa shape index (κ1) is 16.9. The van der Waals surface area contributed by atoms with Gasteiger partial charge in [0, 0.05) is 26.1 Å². The van der Waals surface area contributed by atoms with Gasteiger partial charge in [0.1, 0.15) is 0 Å². The third-order valence-electron chi connectivity index (χ3n) is 4.44. The molecule has 1 aliphatic carbocycles. The Morgan fingerprint density at radius 2 is 2.09 bits per heavy atom. The van der Waals surface area contributed by atoms with E-state index < -0.39 is 0 Å². The van der Waals surface area contributed by atoms with Crippen LogP contribution in [0.2, 0.25) is 0 Å². The molecule has 1 saturated carbocycles. The minimum Gasteiger partial charge on any atom is -0.454 e. The molecule has 3 rings (SSSR count). The van der Waals surface area contributed by atoms with Crippen molar-refractivity contribution in [2.75, 3.05) is 13.8 Å². The normalized spacial score (nSPS) is 22.3. The molecule has 0 spiro atoms. The molecular formula is C16H23ClN2O3.